The smallest absolute Gasteiger partial charge is 0.223 e. The molecule has 19 heavy (non-hydrogen) atoms. The van der Waals surface area contributed by atoms with E-state index in [1.54, 1.807) is 25.3 Å². The summed E-state index contributed by atoms with van der Waals surface area (Å²) in [5.74, 6) is 0.959. The van der Waals surface area contributed by atoms with Gasteiger partial charge in [0, 0.05) is 12.0 Å². The van der Waals surface area contributed by atoms with Crippen molar-refractivity contribution in [1.29, 1.82) is 0 Å². The minimum atomic E-state index is -0.173. The number of ether oxygens (including phenoxy) is 2. The Morgan fingerprint density at radius 3 is 2.58 bits per heavy atom. The van der Waals surface area contributed by atoms with Gasteiger partial charge in [0.1, 0.15) is 11.5 Å². The highest BCUT2D eigenvalue weighted by Gasteiger charge is 2.29. The van der Waals surface area contributed by atoms with Gasteiger partial charge in [-0.05, 0) is 25.0 Å². The first-order valence-electron chi connectivity index (χ1n) is 6.18. The SMILES string of the molecule is COc1ccc(C(=O)CNC(=O)C2CC2)c(OC)c1. The van der Waals surface area contributed by atoms with Crippen LogP contribution < -0.4 is 14.8 Å². The number of carbonyl (C=O) groups is 2. The van der Waals surface area contributed by atoms with Crippen molar-refractivity contribution in [3.63, 3.8) is 0 Å². The molecule has 0 radical (unpaired) electrons. The van der Waals surface area contributed by atoms with E-state index in [-0.39, 0.29) is 24.2 Å². The Bertz CT molecular complexity index is 494. The van der Waals surface area contributed by atoms with Crippen molar-refractivity contribution in [3.8, 4) is 11.5 Å². The van der Waals surface area contributed by atoms with Gasteiger partial charge in [-0.3, -0.25) is 9.59 Å². The molecule has 0 bridgehead atoms. The Morgan fingerprint density at radius 1 is 1.26 bits per heavy atom. The van der Waals surface area contributed by atoms with Gasteiger partial charge in [0.2, 0.25) is 5.91 Å². The van der Waals surface area contributed by atoms with Gasteiger partial charge in [0.05, 0.1) is 26.3 Å². The van der Waals surface area contributed by atoms with Crippen LogP contribution in [0.4, 0.5) is 0 Å². The number of nitrogens with one attached hydrogen (secondary N) is 1. The Labute approximate surface area is 111 Å². The molecule has 1 amide bonds. The highest BCUT2D eigenvalue weighted by atomic mass is 16.5. The number of Topliss-reactive ketones (excluding diaryl/α,β-unsaturated/α-hetero) is 1. The van der Waals surface area contributed by atoms with Gasteiger partial charge in [-0.25, -0.2) is 0 Å². The summed E-state index contributed by atoms with van der Waals surface area (Å²) in [6, 6.07) is 4.98. The molecule has 0 aromatic heterocycles. The molecular weight excluding hydrogens is 246 g/mol. The van der Waals surface area contributed by atoms with Gasteiger partial charge in [0.25, 0.3) is 0 Å². The van der Waals surface area contributed by atoms with Crippen molar-refractivity contribution in [2.45, 2.75) is 12.8 Å². The molecule has 0 saturated heterocycles. The van der Waals surface area contributed by atoms with Crippen LogP contribution in [0.15, 0.2) is 18.2 Å². The number of methoxy groups -OCH3 is 2. The molecule has 1 aliphatic rings. The predicted molar refractivity (Wildman–Crippen MR) is 69.6 cm³/mol. The molecule has 5 heteroatoms. The number of hydrogen-bond donors (Lipinski definition) is 1. The van der Waals surface area contributed by atoms with E-state index in [1.807, 2.05) is 0 Å². The Kier molecular flexibility index (Phi) is 4.04. The Hall–Kier alpha value is -2.04. The third-order valence-corrected chi connectivity index (χ3v) is 3.08. The van der Waals surface area contributed by atoms with Crippen molar-refractivity contribution >= 4 is 11.7 Å². The first kappa shape index (κ1) is 13.4. The maximum atomic E-state index is 12.0. The molecule has 1 aliphatic carbocycles. The minimum Gasteiger partial charge on any atom is -0.497 e. The van der Waals surface area contributed by atoms with Gasteiger partial charge in [-0.15, -0.1) is 0 Å². The van der Waals surface area contributed by atoms with Crippen molar-refractivity contribution in [1.82, 2.24) is 5.32 Å². The van der Waals surface area contributed by atoms with E-state index in [2.05, 4.69) is 5.32 Å². The molecule has 0 heterocycles. The van der Waals surface area contributed by atoms with Gasteiger partial charge in [-0.1, -0.05) is 0 Å². The average molecular weight is 263 g/mol. The first-order chi connectivity index (χ1) is 9.15. The summed E-state index contributed by atoms with van der Waals surface area (Å²) < 4.78 is 10.2. The maximum Gasteiger partial charge on any atom is 0.223 e. The van der Waals surface area contributed by atoms with Crippen LogP contribution in [0.3, 0.4) is 0 Å². The molecule has 1 fully saturated rings. The summed E-state index contributed by atoms with van der Waals surface area (Å²) in [6.07, 6.45) is 1.85. The van der Waals surface area contributed by atoms with Crippen LogP contribution in [-0.4, -0.2) is 32.5 Å². The Morgan fingerprint density at radius 2 is 2.00 bits per heavy atom. The Balaban J connectivity index is 2.02. The van der Waals surface area contributed by atoms with E-state index >= 15 is 0 Å². The number of hydrogen-bond acceptors (Lipinski definition) is 4. The zero-order valence-electron chi connectivity index (χ0n) is 11.1. The molecular formula is C14H17NO4. The van der Waals surface area contributed by atoms with Crippen LogP contribution in [0, 0.1) is 5.92 Å². The van der Waals surface area contributed by atoms with Gasteiger partial charge < -0.3 is 14.8 Å². The van der Waals surface area contributed by atoms with Crippen LogP contribution in [0.25, 0.3) is 0 Å². The second-order valence-corrected chi connectivity index (χ2v) is 4.48. The third kappa shape index (κ3) is 3.24. The van der Waals surface area contributed by atoms with Crippen molar-refractivity contribution < 1.29 is 19.1 Å². The van der Waals surface area contributed by atoms with Crippen LogP contribution in [0.5, 0.6) is 11.5 Å². The molecule has 1 aromatic rings. The lowest BCUT2D eigenvalue weighted by Crippen LogP contribution is -2.30. The lowest BCUT2D eigenvalue weighted by atomic mass is 10.1. The van der Waals surface area contributed by atoms with Crippen molar-refractivity contribution in [2.24, 2.45) is 5.92 Å². The van der Waals surface area contributed by atoms with Gasteiger partial charge >= 0.3 is 0 Å². The van der Waals surface area contributed by atoms with E-state index in [9.17, 15) is 9.59 Å². The predicted octanol–water partition coefficient (Wildman–Crippen LogP) is 1.41. The average Bonchev–Trinajstić information content (AvgIpc) is 3.28. The molecule has 5 nitrogen and oxygen atoms in total. The minimum absolute atomic E-state index is 0.00196. The maximum absolute atomic E-state index is 12.0. The quantitative estimate of drug-likeness (QED) is 0.788. The zero-order chi connectivity index (χ0) is 13.8. The lowest BCUT2D eigenvalue weighted by molar-refractivity contribution is -0.122. The van der Waals surface area contributed by atoms with Crippen molar-refractivity contribution in [3.05, 3.63) is 23.8 Å². The van der Waals surface area contributed by atoms with Crippen LogP contribution in [0.2, 0.25) is 0 Å². The molecule has 0 aliphatic heterocycles. The highest BCUT2D eigenvalue weighted by Crippen LogP contribution is 2.29. The number of ketones is 1. The van der Waals surface area contributed by atoms with Crippen molar-refractivity contribution in [2.75, 3.05) is 20.8 Å². The monoisotopic (exact) mass is 263 g/mol. The molecule has 0 unspecified atom stereocenters. The summed E-state index contributed by atoms with van der Waals surface area (Å²) >= 11 is 0. The summed E-state index contributed by atoms with van der Waals surface area (Å²) in [7, 11) is 3.04. The third-order valence-electron chi connectivity index (χ3n) is 3.08. The van der Waals surface area contributed by atoms with Crippen LogP contribution in [-0.2, 0) is 4.79 Å². The normalized spacial score (nSPS) is 13.8. The summed E-state index contributed by atoms with van der Waals surface area (Å²) in [5, 5.41) is 2.65. The highest BCUT2D eigenvalue weighted by molar-refractivity contribution is 6.02. The molecule has 102 valence electrons. The molecule has 1 saturated carbocycles. The molecule has 0 atom stereocenters. The van der Waals surface area contributed by atoms with E-state index in [1.165, 1.54) is 7.11 Å². The lowest BCUT2D eigenvalue weighted by Gasteiger charge is -2.10. The summed E-state index contributed by atoms with van der Waals surface area (Å²) in [5.41, 5.74) is 0.444. The fraction of sp³-hybridized carbons (Fsp3) is 0.429. The zero-order valence-corrected chi connectivity index (χ0v) is 11.1. The largest absolute Gasteiger partial charge is 0.497 e. The molecule has 2 rings (SSSR count). The standard InChI is InChI=1S/C14H17NO4/c1-18-10-5-6-11(13(7-10)19-2)12(16)8-15-14(17)9-3-4-9/h5-7,9H,3-4,8H2,1-2H3,(H,15,17). The molecule has 1 N–H and O–H groups in total. The number of rotatable bonds is 6. The second kappa shape index (κ2) is 5.73. The summed E-state index contributed by atoms with van der Waals surface area (Å²) in [6.45, 7) is -0.00196. The van der Waals surface area contributed by atoms with Crippen LogP contribution >= 0.6 is 0 Å². The van der Waals surface area contributed by atoms with Gasteiger partial charge in [-0.2, -0.15) is 0 Å². The number of carbonyl (C=O) groups excluding carboxylic acids is 2. The fourth-order valence-electron chi connectivity index (χ4n) is 1.78. The first-order valence-corrected chi connectivity index (χ1v) is 6.18. The second-order valence-electron chi connectivity index (χ2n) is 4.48. The van der Waals surface area contributed by atoms with Gasteiger partial charge in [0.15, 0.2) is 5.78 Å². The molecule has 0 spiro atoms. The number of amides is 1. The van der Waals surface area contributed by atoms with E-state index in [0.717, 1.165) is 12.8 Å². The van der Waals surface area contributed by atoms with Crippen LogP contribution in [0.1, 0.15) is 23.2 Å². The topological polar surface area (TPSA) is 64.6 Å². The summed E-state index contributed by atoms with van der Waals surface area (Å²) in [4.78, 5) is 23.5. The van der Waals surface area contributed by atoms with E-state index in [4.69, 9.17) is 9.47 Å². The van der Waals surface area contributed by atoms with E-state index in [0.29, 0.717) is 17.1 Å². The number of benzene rings is 1. The fourth-order valence-corrected chi connectivity index (χ4v) is 1.78. The molecule has 1 aromatic carbocycles. The van der Waals surface area contributed by atoms with E-state index < -0.39 is 0 Å².